The van der Waals surface area contributed by atoms with Crippen molar-refractivity contribution in [3.8, 4) is 0 Å². The lowest BCUT2D eigenvalue weighted by molar-refractivity contribution is -0.140. The molecule has 2 amide bonds. The van der Waals surface area contributed by atoms with Crippen LogP contribution in [0.25, 0.3) is 0 Å². The average Bonchev–Trinajstić information content (AvgIpc) is 3.05. The quantitative estimate of drug-likeness (QED) is 0.938. The molecule has 2 atom stereocenters. The number of hydrogen-bond acceptors (Lipinski definition) is 3. The van der Waals surface area contributed by atoms with Crippen LogP contribution >= 0.6 is 0 Å². The number of aromatic nitrogens is 2. The van der Waals surface area contributed by atoms with Crippen molar-refractivity contribution in [2.24, 2.45) is 5.92 Å². The molecule has 0 aliphatic carbocycles. The van der Waals surface area contributed by atoms with Gasteiger partial charge in [-0.1, -0.05) is 30.3 Å². The predicted octanol–water partition coefficient (Wildman–Crippen LogP) is 2.45. The Labute approximate surface area is 141 Å². The number of likely N-dealkylation sites (tertiary alicyclic amines) is 1. The van der Waals surface area contributed by atoms with Crippen molar-refractivity contribution in [1.82, 2.24) is 14.7 Å². The monoisotopic (exact) mass is 326 g/mol. The van der Waals surface area contributed by atoms with Crippen LogP contribution in [0.15, 0.2) is 42.6 Å². The first-order valence-electron chi connectivity index (χ1n) is 8.25. The number of piperidine rings is 1. The van der Waals surface area contributed by atoms with E-state index < -0.39 is 0 Å². The lowest BCUT2D eigenvalue weighted by Crippen LogP contribution is -2.44. The molecule has 1 aliphatic heterocycles. The molecular weight excluding hydrogens is 304 g/mol. The van der Waals surface area contributed by atoms with Crippen molar-refractivity contribution in [1.29, 1.82) is 0 Å². The lowest BCUT2D eigenvalue weighted by Gasteiger charge is -2.38. The molecule has 24 heavy (non-hydrogen) atoms. The first-order valence-corrected chi connectivity index (χ1v) is 8.25. The standard InChI is InChI=1S/C18H22N4O2/c1-3-22-12-11-15(20-22)19-18(24)14-9-10-16(23)21(2)17(14)13-7-5-4-6-8-13/h4-8,11-12,14,17H,3,9-10H2,1-2H3,(H,19,20,24)/t14-,17+/m0/s1. The maximum atomic E-state index is 12.8. The number of carbonyl (C=O) groups excluding carboxylic acids is 2. The number of aryl methyl sites for hydroxylation is 1. The van der Waals surface area contributed by atoms with Crippen LogP contribution in [0, 0.1) is 5.92 Å². The van der Waals surface area contributed by atoms with E-state index in [1.165, 1.54) is 0 Å². The summed E-state index contributed by atoms with van der Waals surface area (Å²) in [5.41, 5.74) is 0.979. The zero-order chi connectivity index (χ0) is 17.1. The van der Waals surface area contributed by atoms with Crippen molar-refractivity contribution < 1.29 is 9.59 Å². The highest BCUT2D eigenvalue weighted by molar-refractivity contribution is 5.93. The minimum Gasteiger partial charge on any atom is -0.338 e. The number of nitrogens with one attached hydrogen (secondary N) is 1. The smallest absolute Gasteiger partial charge is 0.231 e. The predicted molar refractivity (Wildman–Crippen MR) is 91.2 cm³/mol. The molecule has 1 aromatic heterocycles. The summed E-state index contributed by atoms with van der Waals surface area (Å²) in [6, 6.07) is 11.3. The zero-order valence-corrected chi connectivity index (χ0v) is 14.0. The van der Waals surface area contributed by atoms with E-state index in [4.69, 9.17) is 0 Å². The van der Waals surface area contributed by atoms with E-state index in [2.05, 4.69) is 10.4 Å². The molecule has 3 rings (SSSR count). The van der Waals surface area contributed by atoms with Gasteiger partial charge in [0.15, 0.2) is 5.82 Å². The van der Waals surface area contributed by atoms with E-state index in [-0.39, 0.29) is 23.8 Å². The fraction of sp³-hybridized carbons (Fsp3) is 0.389. The first-order chi connectivity index (χ1) is 11.6. The van der Waals surface area contributed by atoms with Crippen LogP contribution in [0.1, 0.15) is 31.4 Å². The Morgan fingerprint density at radius 1 is 1.29 bits per heavy atom. The number of rotatable bonds is 4. The Balaban J connectivity index is 1.83. The van der Waals surface area contributed by atoms with E-state index in [1.807, 2.05) is 43.5 Å². The van der Waals surface area contributed by atoms with Crippen molar-refractivity contribution in [3.05, 3.63) is 48.2 Å². The SMILES string of the molecule is CCn1ccc(NC(=O)[C@H]2CCC(=O)N(C)[C@@H]2c2ccccc2)n1. The number of anilines is 1. The Morgan fingerprint density at radius 2 is 2.04 bits per heavy atom. The van der Waals surface area contributed by atoms with Crippen LogP contribution < -0.4 is 5.32 Å². The van der Waals surface area contributed by atoms with Gasteiger partial charge in [0.25, 0.3) is 0 Å². The van der Waals surface area contributed by atoms with Gasteiger partial charge in [0.1, 0.15) is 0 Å². The molecule has 1 N–H and O–H groups in total. The van der Waals surface area contributed by atoms with Crippen molar-refractivity contribution in [2.75, 3.05) is 12.4 Å². The Hall–Kier alpha value is -2.63. The normalized spacial score (nSPS) is 20.9. The lowest BCUT2D eigenvalue weighted by atomic mass is 9.84. The number of benzene rings is 1. The molecule has 0 unspecified atom stereocenters. The summed E-state index contributed by atoms with van der Waals surface area (Å²) in [7, 11) is 1.77. The van der Waals surface area contributed by atoms with Gasteiger partial charge in [-0.3, -0.25) is 14.3 Å². The zero-order valence-electron chi connectivity index (χ0n) is 14.0. The van der Waals surface area contributed by atoms with E-state index in [0.29, 0.717) is 18.7 Å². The highest BCUT2D eigenvalue weighted by Gasteiger charge is 2.38. The number of nitrogens with zero attached hydrogens (tertiary/aromatic N) is 3. The second-order valence-corrected chi connectivity index (χ2v) is 6.05. The summed E-state index contributed by atoms with van der Waals surface area (Å²) in [5.74, 6) is 0.239. The summed E-state index contributed by atoms with van der Waals surface area (Å²) >= 11 is 0. The molecule has 2 aromatic rings. The minimum absolute atomic E-state index is 0.0724. The van der Waals surface area contributed by atoms with Crippen molar-refractivity contribution in [3.63, 3.8) is 0 Å². The first kappa shape index (κ1) is 16.2. The molecule has 2 heterocycles. The second kappa shape index (κ2) is 6.86. The largest absolute Gasteiger partial charge is 0.338 e. The molecule has 1 aromatic carbocycles. The van der Waals surface area contributed by atoms with Crippen LogP contribution in [0.5, 0.6) is 0 Å². The molecule has 1 saturated heterocycles. The van der Waals surface area contributed by atoms with E-state index in [1.54, 1.807) is 22.7 Å². The van der Waals surface area contributed by atoms with Gasteiger partial charge in [0, 0.05) is 32.3 Å². The molecule has 1 fully saturated rings. The van der Waals surface area contributed by atoms with E-state index in [0.717, 1.165) is 12.1 Å². The summed E-state index contributed by atoms with van der Waals surface area (Å²) in [4.78, 5) is 26.6. The van der Waals surface area contributed by atoms with E-state index >= 15 is 0 Å². The average molecular weight is 326 g/mol. The van der Waals surface area contributed by atoms with Crippen LogP contribution in [-0.4, -0.2) is 33.5 Å². The van der Waals surface area contributed by atoms with Crippen LogP contribution in [0.2, 0.25) is 0 Å². The van der Waals surface area contributed by atoms with Crippen LogP contribution in [0.3, 0.4) is 0 Å². The number of hydrogen-bond donors (Lipinski definition) is 1. The molecule has 126 valence electrons. The summed E-state index contributed by atoms with van der Waals surface area (Å²) in [6.07, 6.45) is 2.77. The van der Waals surface area contributed by atoms with E-state index in [9.17, 15) is 9.59 Å². The van der Waals surface area contributed by atoms with Crippen LogP contribution in [-0.2, 0) is 16.1 Å². The van der Waals surface area contributed by atoms with Crippen molar-refractivity contribution >= 4 is 17.6 Å². The van der Waals surface area contributed by atoms with Gasteiger partial charge >= 0.3 is 0 Å². The molecule has 6 nitrogen and oxygen atoms in total. The fourth-order valence-corrected chi connectivity index (χ4v) is 3.24. The maximum Gasteiger partial charge on any atom is 0.231 e. The Kier molecular flexibility index (Phi) is 4.64. The third kappa shape index (κ3) is 3.18. The molecule has 0 bridgehead atoms. The minimum atomic E-state index is -0.290. The van der Waals surface area contributed by atoms with Gasteiger partial charge in [0.2, 0.25) is 11.8 Å². The highest BCUT2D eigenvalue weighted by atomic mass is 16.2. The van der Waals surface area contributed by atoms with Gasteiger partial charge in [-0.25, -0.2) is 0 Å². The number of amides is 2. The summed E-state index contributed by atoms with van der Waals surface area (Å²) in [5, 5.41) is 7.19. The Bertz CT molecular complexity index is 726. The Morgan fingerprint density at radius 3 is 2.71 bits per heavy atom. The molecule has 0 spiro atoms. The molecule has 0 saturated carbocycles. The van der Waals surface area contributed by atoms with Gasteiger partial charge in [0.05, 0.1) is 12.0 Å². The molecule has 6 heteroatoms. The van der Waals surface area contributed by atoms with Gasteiger partial charge in [-0.05, 0) is 18.9 Å². The topological polar surface area (TPSA) is 67.2 Å². The van der Waals surface area contributed by atoms with Crippen molar-refractivity contribution in [2.45, 2.75) is 32.4 Å². The highest BCUT2D eigenvalue weighted by Crippen LogP contribution is 2.36. The molecule has 1 aliphatic rings. The molecule has 0 radical (unpaired) electrons. The third-order valence-corrected chi connectivity index (χ3v) is 4.55. The third-order valence-electron chi connectivity index (χ3n) is 4.55. The maximum absolute atomic E-state index is 12.8. The van der Waals surface area contributed by atoms with Crippen LogP contribution in [0.4, 0.5) is 5.82 Å². The number of carbonyl (C=O) groups is 2. The second-order valence-electron chi connectivity index (χ2n) is 6.05. The van der Waals surface area contributed by atoms with Gasteiger partial charge in [-0.15, -0.1) is 0 Å². The van der Waals surface area contributed by atoms with Gasteiger partial charge < -0.3 is 10.2 Å². The fourth-order valence-electron chi connectivity index (χ4n) is 3.24. The summed E-state index contributed by atoms with van der Waals surface area (Å²) < 4.78 is 1.76. The van der Waals surface area contributed by atoms with Gasteiger partial charge in [-0.2, -0.15) is 5.10 Å². The molecular formula is C18H22N4O2. The summed E-state index contributed by atoms with van der Waals surface area (Å²) in [6.45, 7) is 2.74.